The molecule has 21 heavy (non-hydrogen) atoms. The number of sulfonamides is 1. The predicted molar refractivity (Wildman–Crippen MR) is 85.6 cm³/mol. The van der Waals surface area contributed by atoms with E-state index in [9.17, 15) is 13.2 Å². The molecular weight excluding hydrogens is 288 g/mol. The van der Waals surface area contributed by atoms with E-state index in [4.69, 9.17) is 0 Å². The number of carbonyl (C=O) groups excluding carboxylic acids is 1. The monoisotopic (exact) mass is 312 g/mol. The Labute approximate surface area is 127 Å². The summed E-state index contributed by atoms with van der Waals surface area (Å²) >= 11 is 0. The molecule has 0 aliphatic rings. The molecule has 2 N–H and O–H groups in total. The van der Waals surface area contributed by atoms with Crippen molar-refractivity contribution >= 4 is 21.6 Å². The maximum absolute atomic E-state index is 12.0. The average Bonchev–Trinajstić information content (AvgIpc) is 2.37. The highest BCUT2D eigenvalue weighted by molar-refractivity contribution is 7.92. The quantitative estimate of drug-likeness (QED) is 0.810. The van der Waals surface area contributed by atoms with E-state index in [1.165, 1.54) is 0 Å². The van der Waals surface area contributed by atoms with E-state index in [0.29, 0.717) is 18.2 Å². The number of benzene rings is 1. The Morgan fingerprint density at radius 1 is 1.14 bits per heavy atom. The molecule has 0 aromatic heterocycles. The topological polar surface area (TPSA) is 75.3 Å². The van der Waals surface area contributed by atoms with Gasteiger partial charge in [-0.15, -0.1) is 0 Å². The molecule has 0 heterocycles. The van der Waals surface area contributed by atoms with Crippen molar-refractivity contribution in [1.82, 2.24) is 5.32 Å². The van der Waals surface area contributed by atoms with Crippen LogP contribution in [0.5, 0.6) is 0 Å². The molecule has 0 aliphatic carbocycles. The fourth-order valence-corrected chi connectivity index (χ4v) is 3.11. The van der Waals surface area contributed by atoms with Crippen LogP contribution in [0.15, 0.2) is 24.3 Å². The van der Waals surface area contributed by atoms with Crippen LogP contribution < -0.4 is 10.0 Å². The van der Waals surface area contributed by atoms with E-state index in [1.54, 1.807) is 19.1 Å². The van der Waals surface area contributed by atoms with E-state index in [2.05, 4.69) is 10.0 Å². The summed E-state index contributed by atoms with van der Waals surface area (Å²) in [7, 11) is -3.54. The van der Waals surface area contributed by atoms with Crippen LogP contribution in [0.1, 0.15) is 26.3 Å². The van der Waals surface area contributed by atoms with Gasteiger partial charge in [0, 0.05) is 12.2 Å². The smallest absolute Gasteiger partial charge is 0.233 e. The summed E-state index contributed by atoms with van der Waals surface area (Å²) in [6.45, 7) is 8.07. The van der Waals surface area contributed by atoms with Crippen molar-refractivity contribution in [3.63, 3.8) is 0 Å². The lowest BCUT2D eigenvalue weighted by atomic mass is 10.2. The van der Waals surface area contributed by atoms with E-state index in [0.717, 1.165) is 5.56 Å². The third-order valence-electron chi connectivity index (χ3n) is 2.93. The second kappa shape index (κ2) is 7.45. The second-order valence-electron chi connectivity index (χ2n) is 5.79. The first-order valence-corrected chi connectivity index (χ1v) is 8.69. The Bertz CT molecular complexity index is 565. The van der Waals surface area contributed by atoms with Crippen LogP contribution >= 0.6 is 0 Å². The number of anilines is 1. The lowest BCUT2D eigenvalue weighted by Crippen LogP contribution is -2.36. The van der Waals surface area contributed by atoms with Gasteiger partial charge in [0.2, 0.25) is 15.9 Å². The molecule has 0 radical (unpaired) electrons. The lowest BCUT2D eigenvalue weighted by Gasteiger charge is -2.15. The number of hydrogen-bond donors (Lipinski definition) is 2. The van der Waals surface area contributed by atoms with Crippen LogP contribution in [0.2, 0.25) is 0 Å². The Morgan fingerprint density at radius 2 is 1.71 bits per heavy atom. The van der Waals surface area contributed by atoms with Gasteiger partial charge in [0.15, 0.2) is 0 Å². The molecule has 0 bridgehead atoms. The number of rotatable bonds is 7. The fraction of sp³-hybridized carbons (Fsp3) is 0.533. The molecule has 0 fully saturated rings. The van der Waals surface area contributed by atoms with Gasteiger partial charge in [-0.3, -0.25) is 9.52 Å². The molecule has 118 valence electrons. The summed E-state index contributed by atoms with van der Waals surface area (Å²) in [5, 5.41) is 2.74. The minimum absolute atomic E-state index is 0.231. The number of aryl methyl sites for hydroxylation is 1. The maximum atomic E-state index is 12.0. The molecule has 6 heteroatoms. The van der Waals surface area contributed by atoms with Gasteiger partial charge in [0.25, 0.3) is 0 Å². The van der Waals surface area contributed by atoms with E-state index < -0.39 is 15.9 Å². The van der Waals surface area contributed by atoms with E-state index in [-0.39, 0.29) is 11.7 Å². The average molecular weight is 312 g/mol. The zero-order valence-corrected chi connectivity index (χ0v) is 13.8. The largest absolute Gasteiger partial charge is 0.356 e. The van der Waals surface area contributed by atoms with Gasteiger partial charge in [-0.05, 0) is 25.0 Å². The molecule has 0 saturated heterocycles. The van der Waals surface area contributed by atoms with Gasteiger partial charge in [0.1, 0.15) is 0 Å². The maximum Gasteiger partial charge on any atom is 0.233 e. The first-order valence-electron chi connectivity index (χ1n) is 7.04. The summed E-state index contributed by atoms with van der Waals surface area (Å²) in [5.74, 6) is -0.724. The van der Waals surface area contributed by atoms with Crippen molar-refractivity contribution in [2.24, 2.45) is 11.8 Å². The van der Waals surface area contributed by atoms with Gasteiger partial charge in [-0.1, -0.05) is 38.5 Å². The van der Waals surface area contributed by atoms with Crippen molar-refractivity contribution in [3.8, 4) is 0 Å². The highest BCUT2D eigenvalue weighted by Crippen LogP contribution is 2.12. The number of nitrogens with one attached hydrogen (secondary N) is 2. The Kier molecular flexibility index (Phi) is 6.20. The summed E-state index contributed by atoms with van der Waals surface area (Å²) < 4.78 is 26.6. The summed E-state index contributed by atoms with van der Waals surface area (Å²) in [6, 6.07) is 7.07. The van der Waals surface area contributed by atoms with Gasteiger partial charge in [-0.25, -0.2) is 8.42 Å². The SMILES string of the molecule is Cc1ccc(NS(=O)(=O)CC(C)C(=O)NCC(C)C)cc1. The minimum atomic E-state index is -3.54. The Balaban J connectivity index is 2.59. The van der Waals surface area contributed by atoms with Crippen LogP contribution in [0.3, 0.4) is 0 Å². The summed E-state index contributed by atoms with van der Waals surface area (Å²) in [4.78, 5) is 11.8. The normalized spacial score (nSPS) is 13.0. The van der Waals surface area contributed by atoms with Gasteiger partial charge in [0.05, 0.1) is 11.7 Å². The molecule has 1 aromatic rings. The van der Waals surface area contributed by atoms with Crippen LogP contribution in [0.25, 0.3) is 0 Å². The van der Waals surface area contributed by atoms with Crippen molar-refractivity contribution in [3.05, 3.63) is 29.8 Å². The first-order chi connectivity index (χ1) is 9.69. The number of amides is 1. The lowest BCUT2D eigenvalue weighted by molar-refractivity contribution is -0.124. The number of carbonyl (C=O) groups is 1. The second-order valence-corrected chi connectivity index (χ2v) is 7.56. The zero-order chi connectivity index (χ0) is 16.0. The van der Waals surface area contributed by atoms with Crippen molar-refractivity contribution in [2.75, 3.05) is 17.0 Å². The van der Waals surface area contributed by atoms with E-state index >= 15 is 0 Å². The van der Waals surface area contributed by atoms with Crippen LogP contribution in [-0.2, 0) is 14.8 Å². The Hall–Kier alpha value is -1.56. The van der Waals surface area contributed by atoms with Gasteiger partial charge < -0.3 is 5.32 Å². The molecule has 1 unspecified atom stereocenters. The molecular formula is C15H24N2O3S. The Morgan fingerprint density at radius 3 is 2.24 bits per heavy atom. The van der Waals surface area contributed by atoms with Gasteiger partial charge in [-0.2, -0.15) is 0 Å². The molecule has 1 rings (SSSR count). The molecule has 1 aromatic carbocycles. The van der Waals surface area contributed by atoms with Crippen LogP contribution in [-0.4, -0.2) is 26.6 Å². The highest BCUT2D eigenvalue weighted by atomic mass is 32.2. The van der Waals surface area contributed by atoms with Crippen molar-refractivity contribution in [1.29, 1.82) is 0 Å². The highest BCUT2D eigenvalue weighted by Gasteiger charge is 2.21. The standard InChI is InChI=1S/C15H24N2O3S/c1-11(2)9-16-15(18)13(4)10-21(19,20)17-14-7-5-12(3)6-8-14/h5-8,11,13,17H,9-10H2,1-4H3,(H,16,18). The zero-order valence-electron chi connectivity index (χ0n) is 13.0. The van der Waals surface area contributed by atoms with Gasteiger partial charge >= 0.3 is 0 Å². The number of hydrogen-bond acceptors (Lipinski definition) is 3. The van der Waals surface area contributed by atoms with Crippen molar-refractivity contribution < 1.29 is 13.2 Å². The summed E-state index contributed by atoms with van der Waals surface area (Å²) in [5.41, 5.74) is 1.56. The molecule has 0 aliphatic heterocycles. The predicted octanol–water partition coefficient (Wildman–Crippen LogP) is 2.15. The minimum Gasteiger partial charge on any atom is -0.356 e. The molecule has 0 saturated carbocycles. The molecule has 1 atom stereocenters. The van der Waals surface area contributed by atoms with E-state index in [1.807, 2.05) is 32.9 Å². The van der Waals surface area contributed by atoms with Crippen LogP contribution in [0.4, 0.5) is 5.69 Å². The molecule has 0 spiro atoms. The van der Waals surface area contributed by atoms with Crippen molar-refractivity contribution in [2.45, 2.75) is 27.7 Å². The molecule has 5 nitrogen and oxygen atoms in total. The van der Waals surface area contributed by atoms with Crippen LogP contribution in [0, 0.1) is 18.8 Å². The molecule has 1 amide bonds. The first kappa shape index (κ1) is 17.5. The fourth-order valence-electron chi connectivity index (χ4n) is 1.73. The summed E-state index contributed by atoms with van der Waals surface area (Å²) in [6.07, 6.45) is 0. The third kappa shape index (κ3) is 6.62. The third-order valence-corrected chi connectivity index (χ3v) is 4.41.